The molecule has 3 heterocycles. The van der Waals surface area contributed by atoms with E-state index >= 15 is 0 Å². The van der Waals surface area contributed by atoms with Crippen LogP contribution in [0.25, 0.3) is 16.7 Å². The maximum atomic E-state index is 13.5. The number of benzene rings is 2. The summed E-state index contributed by atoms with van der Waals surface area (Å²) in [4.78, 5) is 27.7. The van der Waals surface area contributed by atoms with Crippen molar-refractivity contribution in [3.63, 3.8) is 0 Å². The summed E-state index contributed by atoms with van der Waals surface area (Å²) in [6.45, 7) is 7.28. The van der Waals surface area contributed by atoms with E-state index < -0.39 is 0 Å². The lowest BCUT2D eigenvalue weighted by atomic mass is 9.95. The Morgan fingerprint density at radius 3 is 2.39 bits per heavy atom. The first-order valence-corrected chi connectivity index (χ1v) is 13.1. The number of aryl methyl sites for hydroxylation is 1. The van der Waals surface area contributed by atoms with E-state index in [1.54, 1.807) is 0 Å². The fraction of sp³-hybridized carbons (Fsp3) is 0.379. The minimum absolute atomic E-state index is 0.0937. The molecule has 0 aliphatic carbocycles. The third kappa shape index (κ3) is 4.83. The molecule has 0 spiro atoms. The highest BCUT2D eigenvalue weighted by atomic mass is 16.2. The Morgan fingerprint density at radius 2 is 1.67 bits per heavy atom. The van der Waals surface area contributed by atoms with Gasteiger partial charge in [0.1, 0.15) is 11.6 Å². The van der Waals surface area contributed by atoms with Crippen LogP contribution >= 0.6 is 0 Å². The van der Waals surface area contributed by atoms with E-state index in [4.69, 9.17) is 9.97 Å². The number of carbonyl (C=O) groups excluding carboxylic acids is 1. The fourth-order valence-corrected chi connectivity index (χ4v) is 5.08. The molecule has 1 fully saturated rings. The van der Waals surface area contributed by atoms with Crippen molar-refractivity contribution in [1.82, 2.24) is 24.6 Å². The van der Waals surface area contributed by atoms with Crippen molar-refractivity contribution in [3.8, 4) is 5.69 Å². The standard InChI is InChI=1S/C29H34N6O/c1-3-12-26-31-27(25-21-30-35(28(25)32-26)23-15-9-6-10-16-23)33-17-11-18-34(20-19-33)29(36)24(4-2)22-13-7-5-8-14-22/h5-10,13-16,21,24H,3-4,11-12,17-20H2,1-2H3. The van der Waals surface area contributed by atoms with Crippen LogP contribution in [0.5, 0.6) is 0 Å². The summed E-state index contributed by atoms with van der Waals surface area (Å²) in [5, 5.41) is 5.63. The van der Waals surface area contributed by atoms with E-state index in [1.165, 1.54) is 0 Å². The van der Waals surface area contributed by atoms with Crippen molar-refractivity contribution < 1.29 is 4.79 Å². The molecule has 1 atom stereocenters. The van der Waals surface area contributed by atoms with E-state index in [9.17, 15) is 4.79 Å². The molecular formula is C29H34N6O. The minimum atomic E-state index is -0.0937. The number of anilines is 1. The molecule has 2 aromatic carbocycles. The summed E-state index contributed by atoms with van der Waals surface area (Å²) in [6.07, 6.45) is 5.37. The zero-order chi connectivity index (χ0) is 24.9. The lowest BCUT2D eigenvalue weighted by Crippen LogP contribution is -2.38. The van der Waals surface area contributed by atoms with Crippen molar-refractivity contribution in [2.75, 3.05) is 31.1 Å². The predicted molar refractivity (Wildman–Crippen MR) is 144 cm³/mol. The summed E-state index contributed by atoms with van der Waals surface area (Å²) in [5.74, 6) is 1.89. The highest BCUT2D eigenvalue weighted by molar-refractivity contribution is 5.88. The van der Waals surface area contributed by atoms with Gasteiger partial charge in [-0.3, -0.25) is 4.79 Å². The van der Waals surface area contributed by atoms with Crippen molar-refractivity contribution >= 4 is 22.8 Å². The maximum absolute atomic E-state index is 13.5. The molecule has 5 rings (SSSR count). The number of nitrogens with zero attached hydrogens (tertiary/aromatic N) is 6. The van der Waals surface area contributed by atoms with E-state index in [0.717, 1.165) is 79.2 Å². The monoisotopic (exact) mass is 482 g/mol. The summed E-state index contributed by atoms with van der Waals surface area (Å²) >= 11 is 0. The number of amides is 1. The number of carbonyl (C=O) groups is 1. The molecule has 1 aliphatic heterocycles. The van der Waals surface area contributed by atoms with Gasteiger partial charge in [-0.1, -0.05) is 62.4 Å². The van der Waals surface area contributed by atoms with Gasteiger partial charge in [-0.15, -0.1) is 0 Å². The highest BCUT2D eigenvalue weighted by Crippen LogP contribution is 2.28. The van der Waals surface area contributed by atoms with Gasteiger partial charge in [0, 0.05) is 32.6 Å². The van der Waals surface area contributed by atoms with Gasteiger partial charge in [0.05, 0.1) is 23.2 Å². The number of para-hydroxylation sites is 1. The third-order valence-electron chi connectivity index (χ3n) is 6.94. The second kappa shape index (κ2) is 10.9. The smallest absolute Gasteiger partial charge is 0.230 e. The molecule has 1 saturated heterocycles. The van der Waals surface area contributed by atoms with Crippen LogP contribution in [0.2, 0.25) is 0 Å². The van der Waals surface area contributed by atoms with E-state index in [-0.39, 0.29) is 11.8 Å². The summed E-state index contributed by atoms with van der Waals surface area (Å²) < 4.78 is 1.90. The second-order valence-electron chi connectivity index (χ2n) is 9.38. The van der Waals surface area contributed by atoms with Gasteiger partial charge in [0.25, 0.3) is 0 Å². The van der Waals surface area contributed by atoms with Gasteiger partial charge in [-0.05, 0) is 37.0 Å². The van der Waals surface area contributed by atoms with Crippen LogP contribution in [0.4, 0.5) is 5.82 Å². The van der Waals surface area contributed by atoms with Gasteiger partial charge >= 0.3 is 0 Å². The molecule has 2 aromatic heterocycles. The normalized spacial score (nSPS) is 15.2. The van der Waals surface area contributed by atoms with E-state index in [1.807, 2.05) is 64.3 Å². The van der Waals surface area contributed by atoms with E-state index in [2.05, 4.69) is 36.0 Å². The minimum Gasteiger partial charge on any atom is -0.354 e. The van der Waals surface area contributed by atoms with Crippen LogP contribution < -0.4 is 4.90 Å². The molecule has 0 bridgehead atoms. The first-order chi connectivity index (χ1) is 17.7. The molecule has 36 heavy (non-hydrogen) atoms. The molecule has 1 amide bonds. The van der Waals surface area contributed by atoms with Gasteiger partial charge in [-0.25, -0.2) is 14.6 Å². The van der Waals surface area contributed by atoms with Crippen LogP contribution in [0.15, 0.2) is 66.9 Å². The molecule has 0 N–H and O–H groups in total. The quantitative estimate of drug-likeness (QED) is 0.371. The Labute approximate surface area is 212 Å². The van der Waals surface area contributed by atoms with Gasteiger partial charge in [-0.2, -0.15) is 5.10 Å². The molecule has 4 aromatic rings. The Balaban J connectivity index is 1.42. The largest absolute Gasteiger partial charge is 0.354 e. The van der Waals surface area contributed by atoms with Crippen LogP contribution in [-0.2, 0) is 11.2 Å². The first kappa shape index (κ1) is 24.0. The van der Waals surface area contributed by atoms with Crippen LogP contribution in [0, 0.1) is 0 Å². The van der Waals surface area contributed by atoms with Gasteiger partial charge in [0.15, 0.2) is 5.65 Å². The SMILES string of the molecule is CCCc1nc(N2CCCN(C(=O)C(CC)c3ccccc3)CC2)c2cnn(-c3ccccc3)c2n1. The van der Waals surface area contributed by atoms with Crippen LogP contribution in [0.3, 0.4) is 0 Å². The summed E-state index contributed by atoms with van der Waals surface area (Å²) in [5.41, 5.74) is 2.92. The summed E-state index contributed by atoms with van der Waals surface area (Å²) in [6, 6.07) is 20.3. The van der Waals surface area contributed by atoms with Gasteiger partial charge in [0.2, 0.25) is 5.91 Å². The molecule has 7 nitrogen and oxygen atoms in total. The fourth-order valence-electron chi connectivity index (χ4n) is 5.08. The summed E-state index contributed by atoms with van der Waals surface area (Å²) in [7, 11) is 0. The van der Waals surface area contributed by atoms with Crippen molar-refractivity contribution in [1.29, 1.82) is 0 Å². The maximum Gasteiger partial charge on any atom is 0.230 e. The number of fused-ring (bicyclic) bond motifs is 1. The molecule has 1 unspecified atom stereocenters. The van der Waals surface area contributed by atoms with Gasteiger partial charge < -0.3 is 9.80 Å². The molecule has 0 radical (unpaired) electrons. The van der Waals surface area contributed by atoms with Crippen molar-refractivity contribution in [2.45, 2.75) is 45.4 Å². The Bertz CT molecular complexity index is 1300. The number of aromatic nitrogens is 4. The zero-order valence-corrected chi connectivity index (χ0v) is 21.2. The Morgan fingerprint density at radius 1 is 0.917 bits per heavy atom. The van der Waals surface area contributed by atoms with Crippen molar-refractivity contribution in [2.24, 2.45) is 0 Å². The molecule has 1 aliphatic rings. The highest BCUT2D eigenvalue weighted by Gasteiger charge is 2.27. The van der Waals surface area contributed by atoms with Crippen LogP contribution in [0.1, 0.15) is 50.4 Å². The second-order valence-corrected chi connectivity index (χ2v) is 9.38. The Hall–Kier alpha value is -3.74. The molecule has 7 heteroatoms. The topological polar surface area (TPSA) is 67.2 Å². The zero-order valence-electron chi connectivity index (χ0n) is 21.2. The first-order valence-electron chi connectivity index (χ1n) is 13.1. The number of hydrogen-bond acceptors (Lipinski definition) is 5. The average Bonchev–Trinajstić information content (AvgIpc) is 3.18. The number of rotatable bonds is 7. The lowest BCUT2D eigenvalue weighted by molar-refractivity contribution is -0.132. The molecular weight excluding hydrogens is 448 g/mol. The lowest BCUT2D eigenvalue weighted by Gasteiger charge is -2.26. The average molecular weight is 483 g/mol. The Kier molecular flexibility index (Phi) is 7.26. The number of hydrogen-bond donors (Lipinski definition) is 0. The van der Waals surface area contributed by atoms with E-state index in [0.29, 0.717) is 6.54 Å². The molecule has 186 valence electrons. The van der Waals surface area contributed by atoms with Crippen molar-refractivity contribution in [3.05, 3.63) is 78.2 Å². The van der Waals surface area contributed by atoms with Crippen LogP contribution in [-0.4, -0.2) is 56.7 Å². The third-order valence-corrected chi connectivity index (χ3v) is 6.94. The molecule has 0 saturated carbocycles. The predicted octanol–water partition coefficient (Wildman–Crippen LogP) is 5.00.